The van der Waals surface area contributed by atoms with Crippen molar-refractivity contribution in [3.05, 3.63) is 22.6 Å². The van der Waals surface area contributed by atoms with Gasteiger partial charge < -0.3 is 34.4 Å². The molecular formula is C28H44N8O10. The van der Waals surface area contributed by atoms with E-state index in [1.54, 1.807) is 39.8 Å². The summed E-state index contributed by atoms with van der Waals surface area (Å²) < 4.78 is 15.8. The maximum Gasteiger partial charge on any atom is 0.408 e. The average molecular weight is 653 g/mol. The number of alkyl carbamates (subject to hydrolysis) is 1. The van der Waals surface area contributed by atoms with Crippen molar-refractivity contribution in [1.29, 1.82) is 0 Å². The zero-order valence-corrected chi connectivity index (χ0v) is 27.5. The second-order valence-electron chi connectivity index (χ2n) is 11.8. The third-order valence-corrected chi connectivity index (χ3v) is 6.25. The van der Waals surface area contributed by atoms with E-state index in [2.05, 4.69) is 20.4 Å². The molecule has 0 aromatic heterocycles. The van der Waals surface area contributed by atoms with Gasteiger partial charge in [-0.2, -0.15) is 5.10 Å². The summed E-state index contributed by atoms with van der Waals surface area (Å²) in [4.78, 5) is 81.8. The van der Waals surface area contributed by atoms with Crippen LogP contribution in [0.25, 0.3) is 10.4 Å². The molecule has 256 valence electrons. The summed E-state index contributed by atoms with van der Waals surface area (Å²) in [6.07, 6.45) is 4.20. The fourth-order valence-corrected chi connectivity index (χ4v) is 4.04. The Labute approximate surface area is 267 Å². The van der Waals surface area contributed by atoms with Gasteiger partial charge in [-0.25, -0.2) is 19.4 Å². The zero-order valence-electron chi connectivity index (χ0n) is 27.5. The third kappa shape index (κ3) is 12.7. The molecule has 0 aliphatic carbocycles. The number of amides is 4. The van der Waals surface area contributed by atoms with Crippen LogP contribution in [0.2, 0.25) is 0 Å². The molecular weight excluding hydrogens is 608 g/mol. The van der Waals surface area contributed by atoms with Crippen LogP contribution in [0.1, 0.15) is 54.4 Å². The van der Waals surface area contributed by atoms with Crippen molar-refractivity contribution >= 4 is 42.0 Å². The van der Waals surface area contributed by atoms with Crippen molar-refractivity contribution in [3.8, 4) is 0 Å². The van der Waals surface area contributed by atoms with Gasteiger partial charge in [-0.3, -0.25) is 14.4 Å². The van der Waals surface area contributed by atoms with E-state index in [1.165, 1.54) is 34.2 Å². The van der Waals surface area contributed by atoms with Crippen molar-refractivity contribution < 1.29 is 48.1 Å². The largest absolute Gasteiger partial charge is 0.461 e. The second-order valence-corrected chi connectivity index (χ2v) is 11.8. The molecule has 0 aromatic carbocycles. The number of allylic oxidation sites excluding steroid dienone is 1. The minimum Gasteiger partial charge on any atom is -0.461 e. The molecule has 3 atom stereocenters. The highest BCUT2D eigenvalue weighted by Crippen LogP contribution is 2.19. The van der Waals surface area contributed by atoms with Gasteiger partial charge in [0, 0.05) is 25.2 Å². The lowest BCUT2D eigenvalue weighted by molar-refractivity contribution is -0.166. The number of ether oxygens (including phenoxy) is 3. The molecule has 1 aliphatic rings. The van der Waals surface area contributed by atoms with Crippen LogP contribution in [0.15, 0.2) is 22.4 Å². The molecule has 2 N–H and O–H groups in total. The van der Waals surface area contributed by atoms with E-state index in [0.29, 0.717) is 6.42 Å². The van der Waals surface area contributed by atoms with Crippen LogP contribution in [0, 0.1) is 0 Å². The number of carbonyl (C=O) groups excluding carboxylic acids is 6. The molecule has 46 heavy (non-hydrogen) atoms. The molecule has 1 rings (SSSR count). The molecule has 4 amide bonds. The first-order valence-electron chi connectivity index (χ1n) is 14.4. The molecule has 0 radical (unpaired) electrons. The van der Waals surface area contributed by atoms with Gasteiger partial charge in [0.1, 0.15) is 31.4 Å². The molecule has 18 heteroatoms. The first-order valence-corrected chi connectivity index (χ1v) is 14.4. The van der Waals surface area contributed by atoms with Crippen LogP contribution in [0.3, 0.4) is 0 Å². The summed E-state index contributed by atoms with van der Waals surface area (Å²) in [5, 5.41) is 21.1. The first kappa shape index (κ1) is 39.3. The van der Waals surface area contributed by atoms with Gasteiger partial charge in [0.05, 0.1) is 12.1 Å². The van der Waals surface area contributed by atoms with Crippen LogP contribution >= 0.6 is 0 Å². The van der Waals surface area contributed by atoms with Crippen LogP contribution in [-0.4, -0.2) is 132 Å². The van der Waals surface area contributed by atoms with Crippen molar-refractivity contribution in [1.82, 2.24) is 20.1 Å². The maximum absolute atomic E-state index is 13.7. The second kappa shape index (κ2) is 17.7. The maximum atomic E-state index is 13.7. The lowest BCUT2D eigenvalue weighted by Gasteiger charge is -2.36. The van der Waals surface area contributed by atoms with Crippen molar-refractivity contribution in [2.75, 3.05) is 40.4 Å². The number of rotatable bonds is 14. The number of esters is 2. The number of hydrogen-bond acceptors (Lipinski definition) is 12. The van der Waals surface area contributed by atoms with Crippen molar-refractivity contribution in [2.45, 2.75) is 83.7 Å². The van der Waals surface area contributed by atoms with Gasteiger partial charge in [0.15, 0.2) is 12.1 Å². The molecule has 1 aliphatic heterocycles. The first-order chi connectivity index (χ1) is 21.3. The van der Waals surface area contributed by atoms with Gasteiger partial charge in [-0.15, -0.1) is 0 Å². The predicted molar refractivity (Wildman–Crippen MR) is 163 cm³/mol. The number of azide groups is 1. The minimum atomic E-state index is -1.88. The molecule has 0 spiro atoms. The average Bonchev–Trinajstić information content (AvgIpc) is 2.95. The Kier molecular flexibility index (Phi) is 15.1. The number of hydrazone groups is 1. The molecule has 0 bridgehead atoms. The Morgan fingerprint density at radius 2 is 1.80 bits per heavy atom. The molecule has 18 nitrogen and oxygen atoms in total. The van der Waals surface area contributed by atoms with Gasteiger partial charge >= 0.3 is 18.0 Å². The summed E-state index contributed by atoms with van der Waals surface area (Å²) in [6.45, 7) is 7.12. The summed E-state index contributed by atoms with van der Waals surface area (Å²) in [6, 6.07) is -4.39. The minimum absolute atomic E-state index is 0.0306. The van der Waals surface area contributed by atoms with Gasteiger partial charge in [-0.1, -0.05) is 17.3 Å². The van der Waals surface area contributed by atoms with Crippen LogP contribution in [0.5, 0.6) is 0 Å². The quantitative estimate of drug-likeness (QED) is 0.0671. The Morgan fingerprint density at radius 1 is 1.15 bits per heavy atom. The van der Waals surface area contributed by atoms with E-state index < -0.39 is 84.8 Å². The fourth-order valence-electron chi connectivity index (χ4n) is 4.04. The number of carbonyl (C=O) groups is 6. The summed E-state index contributed by atoms with van der Waals surface area (Å²) in [5.41, 5.74) is 5.57. The predicted octanol–water partition coefficient (Wildman–Crippen LogP) is 0.886. The topological polar surface area (TPSA) is 233 Å². The van der Waals surface area contributed by atoms with Crippen LogP contribution in [-0.2, 0) is 38.2 Å². The number of hydrogen-bond donors (Lipinski definition) is 2. The van der Waals surface area contributed by atoms with Gasteiger partial charge in [-0.05, 0) is 59.9 Å². The number of nitrogens with zero attached hydrogens (tertiary/aromatic N) is 7. The highest BCUT2D eigenvalue weighted by atomic mass is 16.6. The molecule has 0 saturated heterocycles. The van der Waals surface area contributed by atoms with E-state index in [4.69, 9.17) is 19.7 Å². The van der Waals surface area contributed by atoms with Crippen LogP contribution in [0.4, 0.5) is 4.79 Å². The SMILES string of the molecule is C/C=C/COC(=O)[C@@H]1CCC=NN1C(=O)[C@@H](COC(=O)[C@@H](N(C)C(=O)CN(C)C(=O)CN=[N+]=[N-])C(C)(C)O)NC(=O)OC(C)(C)C. The van der Waals surface area contributed by atoms with E-state index in [1.807, 2.05) is 0 Å². The fraction of sp³-hybridized carbons (Fsp3) is 0.679. The highest BCUT2D eigenvalue weighted by molar-refractivity contribution is 5.92. The molecule has 0 saturated carbocycles. The number of aliphatic hydroxyl groups is 1. The Morgan fingerprint density at radius 3 is 2.37 bits per heavy atom. The third-order valence-electron chi connectivity index (χ3n) is 6.25. The zero-order chi connectivity index (χ0) is 35.2. The normalized spacial score (nSPS) is 16.0. The molecule has 0 unspecified atom stereocenters. The number of nitrogens with one attached hydrogen (secondary N) is 1. The summed E-state index contributed by atoms with van der Waals surface area (Å²) in [7, 11) is 2.48. The van der Waals surface area contributed by atoms with Gasteiger partial charge in [0.25, 0.3) is 5.91 Å². The standard InChI is InChI=1S/C28H44N8O10/c1-9-10-14-44-24(40)19-12-11-13-31-36(19)23(39)18(32-26(42)46-27(2,3)4)17-45-25(41)22(28(5,6)43)35(8)21(38)16-34(7)20(37)15-30-33-29/h9-10,13,18-19,22,43H,11-12,14-17H2,1-8H3,(H,32,42)/b10-9+/t18-,19+,22-/m1/s1. The van der Waals surface area contributed by atoms with Crippen molar-refractivity contribution in [2.24, 2.45) is 10.2 Å². The van der Waals surface area contributed by atoms with E-state index >= 15 is 0 Å². The smallest absolute Gasteiger partial charge is 0.408 e. The van der Waals surface area contributed by atoms with Gasteiger partial charge in [0.2, 0.25) is 11.8 Å². The molecule has 0 fully saturated rings. The Balaban J connectivity index is 3.25. The number of likely N-dealkylation sites (N-methyl/N-ethyl adjacent to an activating group) is 2. The molecule has 1 heterocycles. The Bertz CT molecular complexity index is 1230. The highest BCUT2D eigenvalue weighted by Gasteiger charge is 2.42. The lowest BCUT2D eigenvalue weighted by atomic mass is 9.97. The Hall–Kier alpha value is -4.70. The summed E-state index contributed by atoms with van der Waals surface area (Å²) >= 11 is 0. The summed E-state index contributed by atoms with van der Waals surface area (Å²) in [5.74, 6) is -4.25. The van der Waals surface area contributed by atoms with Crippen LogP contribution < -0.4 is 5.32 Å². The lowest BCUT2D eigenvalue weighted by Crippen LogP contribution is -2.58. The van der Waals surface area contributed by atoms with E-state index in [0.717, 1.165) is 14.8 Å². The molecule has 0 aromatic rings. The van der Waals surface area contributed by atoms with Crippen molar-refractivity contribution in [3.63, 3.8) is 0 Å². The van der Waals surface area contributed by atoms with E-state index in [9.17, 15) is 33.9 Å². The van der Waals surface area contributed by atoms with E-state index in [-0.39, 0.29) is 13.0 Å². The monoisotopic (exact) mass is 652 g/mol.